The maximum atomic E-state index is 14.8. The molecule has 1 aliphatic rings. The molecule has 2 aromatic heterocycles. The Morgan fingerprint density at radius 1 is 0.773 bits per heavy atom. The molecular formula is C52H58N6O8. The summed E-state index contributed by atoms with van der Waals surface area (Å²) in [4.78, 5) is 60.1. The fraction of sp³-hybridized carbons (Fsp3) is 0.327. The van der Waals surface area contributed by atoms with Gasteiger partial charge in [-0.05, 0) is 92.3 Å². The molecule has 0 saturated carbocycles. The smallest absolute Gasteiger partial charge is 0.305 e. The van der Waals surface area contributed by atoms with Crippen molar-refractivity contribution < 1.29 is 38.5 Å². The van der Waals surface area contributed by atoms with E-state index in [4.69, 9.17) is 24.3 Å². The lowest BCUT2D eigenvalue weighted by atomic mass is 9.87. The maximum Gasteiger partial charge on any atom is 0.305 e. The summed E-state index contributed by atoms with van der Waals surface area (Å²) in [6.45, 7) is 7.97. The summed E-state index contributed by atoms with van der Waals surface area (Å²) in [6.07, 6.45) is 6.20. The minimum absolute atomic E-state index is 0.0576. The van der Waals surface area contributed by atoms with E-state index < -0.39 is 11.9 Å². The first-order valence-electron chi connectivity index (χ1n) is 22.7. The third-order valence-electron chi connectivity index (χ3n) is 11.7. The lowest BCUT2D eigenvalue weighted by molar-refractivity contribution is -0.138. The fourth-order valence-electron chi connectivity index (χ4n) is 8.35. The van der Waals surface area contributed by atoms with Gasteiger partial charge in [-0.25, -0.2) is 0 Å². The van der Waals surface area contributed by atoms with Crippen LogP contribution < -0.4 is 20.9 Å². The number of nitrogens with one attached hydrogen (secondary N) is 3. The first-order chi connectivity index (χ1) is 32.2. The molecule has 2 heterocycles. The van der Waals surface area contributed by atoms with Crippen LogP contribution in [0, 0.1) is 0 Å². The number of carbonyl (C=O) groups excluding carboxylic acids is 3. The third-order valence-corrected chi connectivity index (χ3v) is 11.7. The molecule has 1 atom stereocenters. The minimum Gasteiger partial charge on any atom is -0.481 e. The van der Waals surface area contributed by atoms with Crippen LogP contribution in [0.4, 0.5) is 11.4 Å². The number of nitrogens with zero attached hydrogens (tertiary/aromatic N) is 3. The highest BCUT2D eigenvalue weighted by Gasteiger charge is 2.25. The van der Waals surface area contributed by atoms with Crippen molar-refractivity contribution in [3.63, 3.8) is 0 Å². The standard InChI is InChI=1S/C52H58N6O8/c1-3-57(4-2)39-20-21-45(42(33-39)46-32-38(22-24-53-46)50(61)55-44-18-10-15-37-14-8-9-16-40(37)44)56-52(63)43-35-58(34-36-12-6-5-7-13-36)47-19-11-17-41(49(43)47)51(62)54-25-27-65-29-31-66-30-28-64-26-23-48(59)60/h5-9,11-14,16-17,19-22,24,32-33,35,44H,3-4,10,15,18,23,25-31,34H2,1-2H3,(H,54,62)(H,55,61)(H,56,63)(H,59,60). The highest BCUT2D eigenvalue weighted by molar-refractivity contribution is 6.19. The third kappa shape index (κ3) is 12.1. The Hall–Kier alpha value is -6.87. The molecule has 66 heavy (non-hydrogen) atoms. The number of hydrogen-bond donors (Lipinski definition) is 4. The zero-order valence-electron chi connectivity index (χ0n) is 37.6. The number of amides is 3. The molecule has 0 saturated heterocycles. The van der Waals surface area contributed by atoms with Crippen molar-refractivity contribution in [1.82, 2.24) is 20.2 Å². The highest BCUT2D eigenvalue weighted by Crippen LogP contribution is 2.35. The monoisotopic (exact) mass is 894 g/mol. The molecule has 4 aromatic carbocycles. The van der Waals surface area contributed by atoms with Crippen molar-refractivity contribution in [2.24, 2.45) is 0 Å². The van der Waals surface area contributed by atoms with E-state index in [0.717, 1.165) is 54.7 Å². The van der Waals surface area contributed by atoms with Gasteiger partial charge in [0.2, 0.25) is 0 Å². The Morgan fingerprint density at radius 2 is 1.52 bits per heavy atom. The Labute approximate surface area is 385 Å². The second-order valence-corrected chi connectivity index (χ2v) is 16.0. The zero-order chi connectivity index (χ0) is 46.3. The van der Waals surface area contributed by atoms with Crippen molar-refractivity contribution in [3.8, 4) is 11.3 Å². The number of benzene rings is 4. The normalized spacial score (nSPS) is 13.2. The first kappa shape index (κ1) is 47.1. The van der Waals surface area contributed by atoms with Crippen LogP contribution in [-0.4, -0.2) is 97.6 Å². The summed E-state index contributed by atoms with van der Waals surface area (Å²) in [5.41, 5.74) is 7.89. The topological polar surface area (TPSA) is 173 Å². The summed E-state index contributed by atoms with van der Waals surface area (Å²) in [5, 5.41) is 18.6. The number of anilines is 2. The SMILES string of the molecule is CCN(CC)c1ccc(NC(=O)c2cn(Cc3ccccc3)c3cccc(C(=O)NCCOCCOCCOCCC(=O)O)c23)c(-c2cc(C(=O)NC3CCCc4ccccc43)ccn2)c1. The fourth-order valence-corrected chi connectivity index (χ4v) is 8.35. The van der Waals surface area contributed by atoms with Gasteiger partial charge >= 0.3 is 5.97 Å². The zero-order valence-corrected chi connectivity index (χ0v) is 37.6. The van der Waals surface area contributed by atoms with Crippen LogP contribution in [0.3, 0.4) is 0 Å². The summed E-state index contributed by atoms with van der Waals surface area (Å²) in [5.74, 6) is -1.88. The van der Waals surface area contributed by atoms with Crippen LogP contribution in [0.2, 0.25) is 0 Å². The number of carbonyl (C=O) groups is 4. The van der Waals surface area contributed by atoms with Gasteiger partial charge in [-0.2, -0.15) is 0 Å². The van der Waals surface area contributed by atoms with Crippen molar-refractivity contribution in [2.45, 2.75) is 52.1 Å². The van der Waals surface area contributed by atoms with Crippen molar-refractivity contribution in [1.29, 1.82) is 0 Å². The van der Waals surface area contributed by atoms with Gasteiger partial charge in [0.05, 0.1) is 69.0 Å². The lowest BCUT2D eigenvalue weighted by Crippen LogP contribution is -2.31. The minimum atomic E-state index is -0.913. The number of fused-ring (bicyclic) bond motifs is 2. The van der Waals surface area contributed by atoms with Crippen LogP contribution in [0.15, 0.2) is 116 Å². The number of rotatable bonds is 23. The van der Waals surface area contributed by atoms with Crippen LogP contribution in [-0.2, 0) is 32.0 Å². The number of hydrogen-bond acceptors (Lipinski definition) is 9. The molecule has 6 aromatic rings. The summed E-state index contributed by atoms with van der Waals surface area (Å²) < 4.78 is 18.3. The van der Waals surface area contributed by atoms with E-state index in [1.54, 1.807) is 30.6 Å². The van der Waals surface area contributed by atoms with Gasteiger partial charge in [0.1, 0.15) is 0 Å². The number of aromatic nitrogens is 2. The van der Waals surface area contributed by atoms with Crippen molar-refractivity contribution in [2.75, 3.05) is 69.5 Å². The number of aliphatic carboxylic acids is 1. The molecule has 1 unspecified atom stereocenters. The summed E-state index contributed by atoms with van der Waals surface area (Å²) >= 11 is 0. The van der Waals surface area contributed by atoms with E-state index in [9.17, 15) is 19.2 Å². The van der Waals surface area contributed by atoms with Gasteiger partial charge in [0.15, 0.2) is 0 Å². The Bertz CT molecular complexity index is 2610. The average molecular weight is 895 g/mol. The number of carboxylic acids is 1. The molecule has 14 heteroatoms. The van der Waals surface area contributed by atoms with Crippen LogP contribution in [0.25, 0.3) is 22.2 Å². The second kappa shape index (κ2) is 23.4. The molecule has 0 radical (unpaired) electrons. The molecule has 4 N–H and O–H groups in total. The predicted molar refractivity (Wildman–Crippen MR) is 255 cm³/mol. The summed E-state index contributed by atoms with van der Waals surface area (Å²) in [6, 6.07) is 32.8. The van der Waals surface area contributed by atoms with Crippen molar-refractivity contribution in [3.05, 3.63) is 149 Å². The molecule has 14 nitrogen and oxygen atoms in total. The molecule has 0 bridgehead atoms. The molecule has 0 spiro atoms. The lowest BCUT2D eigenvalue weighted by Gasteiger charge is -2.26. The molecule has 344 valence electrons. The van der Waals surface area contributed by atoms with E-state index in [-0.39, 0.29) is 50.6 Å². The maximum absolute atomic E-state index is 14.8. The van der Waals surface area contributed by atoms with Gasteiger partial charge in [-0.1, -0.05) is 60.7 Å². The first-order valence-corrected chi connectivity index (χ1v) is 22.7. The Kier molecular flexibility index (Phi) is 16.7. The Morgan fingerprint density at radius 3 is 2.29 bits per heavy atom. The van der Waals surface area contributed by atoms with Gasteiger partial charge in [0, 0.05) is 71.9 Å². The Balaban J connectivity index is 1.12. The van der Waals surface area contributed by atoms with Crippen LogP contribution in [0.1, 0.15) is 86.9 Å². The number of aryl methyl sites for hydroxylation is 1. The molecule has 0 aliphatic heterocycles. The molecule has 3 amide bonds. The second-order valence-electron chi connectivity index (χ2n) is 16.0. The number of carboxylic acid groups (broad SMARTS) is 1. The van der Waals surface area contributed by atoms with Crippen LogP contribution in [0.5, 0.6) is 0 Å². The average Bonchev–Trinajstić information content (AvgIpc) is 3.71. The van der Waals surface area contributed by atoms with Crippen LogP contribution >= 0.6 is 0 Å². The van der Waals surface area contributed by atoms with E-state index in [2.05, 4.69) is 46.8 Å². The quantitative estimate of drug-likeness (QED) is 0.0463. The van der Waals surface area contributed by atoms with E-state index >= 15 is 0 Å². The summed E-state index contributed by atoms with van der Waals surface area (Å²) in [7, 11) is 0. The number of pyridine rings is 1. The van der Waals surface area contributed by atoms with Gasteiger partial charge in [-0.15, -0.1) is 0 Å². The predicted octanol–water partition coefficient (Wildman–Crippen LogP) is 7.91. The highest BCUT2D eigenvalue weighted by atomic mass is 16.5. The largest absolute Gasteiger partial charge is 0.481 e. The van der Waals surface area contributed by atoms with Gasteiger partial charge in [-0.3, -0.25) is 24.2 Å². The van der Waals surface area contributed by atoms with E-state index in [0.29, 0.717) is 65.4 Å². The molecule has 0 fully saturated rings. The van der Waals surface area contributed by atoms with Gasteiger partial charge in [0.25, 0.3) is 17.7 Å². The van der Waals surface area contributed by atoms with Crippen molar-refractivity contribution >= 4 is 46.0 Å². The molecule has 7 rings (SSSR count). The molecule has 1 aliphatic carbocycles. The van der Waals surface area contributed by atoms with E-state index in [1.165, 1.54) is 5.56 Å². The molecular weight excluding hydrogens is 837 g/mol. The number of ether oxygens (including phenoxy) is 3. The van der Waals surface area contributed by atoms with Gasteiger partial charge < -0.3 is 44.7 Å². The van der Waals surface area contributed by atoms with E-state index in [1.807, 2.05) is 77.4 Å².